The lowest BCUT2D eigenvalue weighted by Crippen LogP contribution is -2.40. The molecule has 3 N–H and O–H groups in total. The Balaban J connectivity index is 3.13. The summed E-state index contributed by atoms with van der Waals surface area (Å²) < 4.78 is 27.7. The van der Waals surface area contributed by atoms with Gasteiger partial charge in [-0.05, 0) is 15.9 Å². The van der Waals surface area contributed by atoms with Gasteiger partial charge in [0.15, 0.2) is 4.60 Å². The molecule has 1 rings (SSSR count). The van der Waals surface area contributed by atoms with Crippen molar-refractivity contribution >= 4 is 15.9 Å². The maximum absolute atomic E-state index is 13.1. The monoisotopic (exact) mass is 269 g/mol. The number of nitrogens with one attached hydrogen (secondary N) is 1. The van der Waals surface area contributed by atoms with Gasteiger partial charge in [-0.25, -0.2) is 18.9 Å². The molecule has 0 fully saturated rings. The van der Waals surface area contributed by atoms with Gasteiger partial charge in [0.25, 0.3) is 5.92 Å². The molecule has 1 aromatic rings. The number of rotatable bonds is 3. The second kappa shape index (κ2) is 3.87. The van der Waals surface area contributed by atoms with Crippen LogP contribution in [0.5, 0.6) is 0 Å². The van der Waals surface area contributed by atoms with E-state index >= 15 is 0 Å². The molecule has 0 amide bonds. The number of aromatic nitrogens is 3. The molecular weight excluding hydrogens is 260 g/mol. The quantitative estimate of drug-likeness (QED) is 0.627. The summed E-state index contributed by atoms with van der Waals surface area (Å²) in [6, 6.07) is -1.32. The maximum Gasteiger partial charge on any atom is 0.267 e. The van der Waals surface area contributed by atoms with Crippen LogP contribution in [0, 0.1) is 0 Å². The number of nitrogens with two attached hydrogens (primary N) is 1. The SMILES string of the molecule is Cn1nnc(Br)c1C(NN)C(C)(F)F. The zero-order valence-corrected chi connectivity index (χ0v) is 9.22. The van der Waals surface area contributed by atoms with E-state index in [-0.39, 0.29) is 10.3 Å². The standard InChI is InChI=1S/C6H10BrF2N5/c1-6(8,9)4(11-10)3-5(7)12-13-14(3)2/h4,11H,10H2,1-2H3. The number of nitrogens with zero attached hydrogens (tertiary/aromatic N) is 3. The number of halogens is 3. The van der Waals surface area contributed by atoms with E-state index in [1.54, 1.807) is 0 Å². The van der Waals surface area contributed by atoms with E-state index in [9.17, 15) is 8.78 Å². The molecule has 0 aromatic carbocycles. The van der Waals surface area contributed by atoms with E-state index in [0.717, 1.165) is 6.92 Å². The Bertz CT molecular complexity index is 301. The Morgan fingerprint density at radius 3 is 2.50 bits per heavy atom. The molecule has 0 saturated heterocycles. The third-order valence-corrected chi connectivity index (χ3v) is 2.34. The van der Waals surface area contributed by atoms with E-state index in [1.807, 2.05) is 5.43 Å². The number of alkyl halides is 2. The lowest BCUT2D eigenvalue weighted by molar-refractivity contribution is -0.0222. The van der Waals surface area contributed by atoms with Crippen LogP contribution >= 0.6 is 15.9 Å². The fraction of sp³-hybridized carbons (Fsp3) is 0.667. The van der Waals surface area contributed by atoms with Crippen molar-refractivity contribution in [3.05, 3.63) is 10.3 Å². The van der Waals surface area contributed by atoms with Gasteiger partial charge in [0.1, 0.15) is 6.04 Å². The van der Waals surface area contributed by atoms with Crippen molar-refractivity contribution < 1.29 is 8.78 Å². The van der Waals surface area contributed by atoms with Crippen LogP contribution in [0.25, 0.3) is 0 Å². The van der Waals surface area contributed by atoms with Gasteiger partial charge < -0.3 is 0 Å². The van der Waals surface area contributed by atoms with Crippen molar-refractivity contribution in [1.29, 1.82) is 0 Å². The number of hydrogen-bond acceptors (Lipinski definition) is 4. The van der Waals surface area contributed by atoms with Gasteiger partial charge in [-0.3, -0.25) is 5.84 Å². The van der Waals surface area contributed by atoms with Crippen LogP contribution in [0.1, 0.15) is 18.7 Å². The molecule has 1 atom stereocenters. The summed E-state index contributed by atoms with van der Waals surface area (Å²) in [4.78, 5) is 0. The highest BCUT2D eigenvalue weighted by Crippen LogP contribution is 2.32. The molecule has 0 saturated carbocycles. The van der Waals surface area contributed by atoms with E-state index in [4.69, 9.17) is 5.84 Å². The van der Waals surface area contributed by atoms with Crippen molar-refractivity contribution in [3.8, 4) is 0 Å². The van der Waals surface area contributed by atoms with Crippen molar-refractivity contribution in [2.45, 2.75) is 18.9 Å². The van der Waals surface area contributed by atoms with Crippen molar-refractivity contribution in [2.75, 3.05) is 0 Å². The third kappa shape index (κ3) is 2.07. The number of hydrogen-bond donors (Lipinski definition) is 2. The molecule has 0 aliphatic rings. The molecule has 0 aliphatic carbocycles. The van der Waals surface area contributed by atoms with Gasteiger partial charge >= 0.3 is 0 Å². The number of aryl methyl sites for hydroxylation is 1. The fourth-order valence-electron chi connectivity index (χ4n) is 1.11. The Morgan fingerprint density at radius 2 is 2.21 bits per heavy atom. The molecule has 80 valence electrons. The topological polar surface area (TPSA) is 68.8 Å². The summed E-state index contributed by atoms with van der Waals surface area (Å²) in [5.41, 5.74) is 2.25. The predicted molar refractivity (Wildman–Crippen MR) is 49.4 cm³/mol. The molecule has 8 heteroatoms. The van der Waals surface area contributed by atoms with Crippen LogP contribution < -0.4 is 11.3 Å². The van der Waals surface area contributed by atoms with Crippen molar-refractivity contribution in [3.63, 3.8) is 0 Å². The summed E-state index contributed by atoms with van der Waals surface area (Å²) in [6.45, 7) is 0.775. The molecule has 14 heavy (non-hydrogen) atoms. The minimum atomic E-state index is -2.99. The highest BCUT2D eigenvalue weighted by Gasteiger charge is 2.38. The third-order valence-electron chi connectivity index (χ3n) is 1.77. The van der Waals surface area contributed by atoms with Crippen LogP contribution in [0.15, 0.2) is 4.60 Å². The minimum Gasteiger partial charge on any atom is -0.271 e. The first kappa shape index (κ1) is 11.5. The summed E-state index contributed by atoms with van der Waals surface area (Å²) in [5, 5.41) is 7.19. The van der Waals surface area contributed by atoms with Gasteiger partial charge in [-0.15, -0.1) is 5.10 Å². The first-order valence-corrected chi connectivity index (χ1v) is 4.56. The van der Waals surface area contributed by atoms with E-state index in [1.165, 1.54) is 11.7 Å². The molecule has 5 nitrogen and oxygen atoms in total. The molecule has 0 aliphatic heterocycles. The van der Waals surface area contributed by atoms with Crippen LogP contribution in [0.3, 0.4) is 0 Å². The van der Waals surface area contributed by atoms with Crippen molar-refractivity contribution in [2.24, 2.45) is 12.9 Å². The predicted octanol–water partition coefficient (Wildman–Crippen LogP) is 0.737. The second-order valence-corrected chi connectivity index (χ2v) is 3.70. The Morgan fingerprint density at radius 1 is 1.64 bits per heavy atom. The summed E-state index contributed by atoms with van der Waals surface area (Å²) in [5.74, 6) is 2.07. The average Bonchev–Trinajstić information content (AvgIpc) is 2.34. The highest BCUT2D eigenvalue weighted by molar-refractivity contribution is 9.10. The number of hydrazine groups is 1. The highest BCUT2D eigenvalue weighted by atomic mass is 79.9. The Hall–Kier alpha value is -0.600. The summed E-state index contributed by atoms with van der Waals surface area (Å²) in [7, 11) is 1.52. The molecule has 1 unspecified atom stereocenters. The van der Waals surface area contributed by atoms with Crippen LogP contribution in [0.2, 0.25) is 0 Å². The smallest absolute Gasteiger partial charge is 0.267 e. The summed E-state index contributed by atoms with van der Waals surface area (Å²) in [6.07, 6.45) is 0. The van der Waals surface area contributed by atoms with E-state index < -0.39 is 12.0 Å². The maximum atomic E-state index is 13.1. The van der Waals surface area contributed by atoms with E-state index in [0.29, 0.717) is 0 Å². The van der Waals surface area contributed by atoms with Crippen LogP contribution in [-0.2, 0) is 7.05 Å². The Kier molecular flexibility index (Phi) is 3.17. The lowest BCUT2D eigenvalue weighted by Gasteiger charge is -2.22. The van der Waals surface area contributed by atoms with E-state index in [2.05, 4.69) is 26.2 Å². The fourth-order valence-corrected chi connectivity index (χ4v) is 1.67. The molecular formula is C6H10BrF2N5. The van der Waals surface area contributed by atoms with Crippen LogP contribution in [0.4, 0.5) is 8.78 Å². The molecule has 0 spiro atoms. The lowest BCUT2D eigenvalue weighted by atomic mass is 10.1. The van der Waals surface area contributed by atoms with Gasteiger partial charge in [-0.1, -0.05) is 5.21 Å². The second-order valence-electron chi connectivity index (χ2n) is 2.95. The molecule has 1 heterocycles. The molecule has 1 aromatic heterocycles. The zero-order valence-electron chi connectivity index (χ0n) is 7.63. The van der Waals surface area contributed by atoms with Gasteiger partial charge in [0, 0.05) is 14.0 Å². The molecule has 0 bridgehead atoms. The van der Waals surface area contributed by atoms with Crippen molar-refractivity contribution in [1.82, 2.24) is 20.4 Å². The zero-order chi connectivity index (χ0) is 10.9. The van der Waals surface area contributed by atoms with Crippen LogP contribution in [-0.4, -0.2) is 20.9 Å². The molecule has 0 radical (unpaired) electrons. The largest absolute Gasteiger partial charge is 0.271 e. The summed E-state index contributed by atoms with van der Waals surface area (Å²) >= 11 is 3.03. The minimum absolute atomic E-state index is 0.208. The Labute approximate surface area is 87.7 Å². The van der Waals surface area contributed by atoms with Gasteiger partial charge in [0.05, 0.1) is 5.69 Å². The normalized spacial score (nSPS) is 14.4. The first-order chi connectivity index (χ1) is 6.38. The van der Waals surface area contributed by atoms with Gasteiger partial charge in [0.2, 0.25) is 0 Å². The van der Waals surface area contributed by atoms with Gasteiger partial charge in [-0.2, -0.15) is 0 Å². The average molecular weight is 270 g/mol. The first-order valence-electron chi connectivity index (χ1n) is 3.77.